The Hall–Kier alpha value is -6.68. The smallest absolute Gasteiger partial charge is 0.461 e. The summed E-state index contributed by atoms with van der Waals surface area (Å²) in [6.45, 7) is 4.74. The maximum Gasteiger partial charge on any atom is 1.00 e. The predicted octanol–water partition coefficient (Wildman–Crippen LogP) is 0.423. The van der Waals surface area contributed by atoms with Crippen LogP contribution >= 0.6 is 11.6 Å². The number of carbonyl (C=O) groups excluding carboxylic acids is 4. The Morgan fingerprint density at radius 1 is 0.778 bits per heavy atom. The van der Waals surface area contributed by atoms with Crippen LogP contribution in [0, 0.1) is 29.7 Å². The van der Waals surface area contributed by atoms with Crippen LogP contribution in [0.2, 0.25) is 5.28 Å². The first-order valence-electron chi connectivity index (χ1n) is 21.2. The zero-order valence-electron chi connectivity index (χ0n) is 39.4. The molecule has 8 rings (SSSR count). The van der Waals surface area contributed by atoms with Crippen LogP contribution in [0.1, 0.15) is 58.8 Å². The van der Waals surface area contributed by atoms with Gasteiger partial charge in [-0.15, -0.1) is 5.92 Å². The largest absolute Gasteiger partial charge is 1.00 e. The number of rotatable bonds is 7. The normalized spacial score (nSPS) is 16.4. The van der Waals surface area contributed by atoms with E-state index in [1.165, 1.54) is 19.2 Å². The Morgan fingerprint density at radius 3 is 1.71 bits per heavy atom. The molecular weight excluding hydrogens is 991 g/mol. The zero-order valence-corrected chi connectivity index (χ0v) is 43.3. The maximum absolute atomic E-state index is 12.5. The third-order valence-electron chi connectivity index (χ3n) is 9.88. The fraction of sp³-hybridized carbons (Fsp3) is 0.261. The number of amides is 2. The quantitative estimate of drug-likeness (QED) is 0.0555. The standard InChI is InChI=1S/C23H22N6O4.C13H12NO2.C10H10ClN5O2.BF3.K/c1-3-33-21(30)18-17(24)20(29-12-5-11-25-29)27-19(26-18)16-7-4-6-15(14-16)8-9-23(32)10-13-28(2)22(23)31;1-14-10-9-13(16,12(14)15)8-7-11-5-3-2-4-6-11;1-2-18-9(17)7-6(12)8(15-10(11)14-7)16-5-3-4-13-16;2-1(3)4;/h4-7,11-12,14,32H,3,10,13,24H2,1-2H3;2-3,5-6,16H,9-10H2,1H3;3-5H,2,12H2,1H3;;/q;-1;;;+1/t23-;13-;;;/m00.../s1. The van der Waals surface area contributed by atoms with Crippen LogP contribution in [-0.2, 0) is 19.1 Å². The minimum absolute atomic E-state index is 0. The van der Waals surface area contributed by atoms with E-state index in [1.54, 1.807) is 101 Å². The molecule has 2 aliphatic heterocycles. The molecule has 2 amide bonds. The molecule has 0 saturated carbocycles. The molecule has 2 aromatic carbocycles. The van der Waals surface area contributed by atoms with Gasteiger partial charge in [0.05, 0.1) is 13.2 Å². The summed E-state index contributed by atoms with van der Waals surface area (Å²) in [7, 11) is -0.377. The van der Waals surface area contributed by atoms with Crippen LogP contribution in [0.5, 0.6) is 0 Å². The number of halogens is 4. The van der Waals surface area contributed by atoms with Gasteiger partial charge in [-0.05, 0) is 49.7 Å². The minimum atomic E-state index is -3.67. The van der Waals surface area contributed by atoms with Crippen molar-refractivity contribution >= 4 is 54.3 Å². The molecular formula is C46H44BClF3KN12O8. The second-order valence-electron chi connectivity index (χ2n) is 14.8. The summed E-state index contributed by atoms with van der Waals surface area (Å²) in [5, 5.41) is 28.6. The summed E-state index contributed by atoms with van der Waals surface area (Å²) in [5.74, 6) is 9.63. The van der Waals surface area contributed by atoms with Crippen molar-refractivity contribution in [3.8, 4) is 46.7 Å². The molecule has 4 aromatic heterocycles. The van der Waals surface area contributed by atoms with Crippen molar-refractivity contribution < 1.29 is 103 Å². The molecule has 26 heteroatoms. The van der Waals surface area contributed by atoms with E-state index in [1.807, 2.05) is 12.1 Å². The number of likely N-dealkylation sites (tertiary alicyclic amines) is 2. The van der Waals surface area contributed by atoms with E-state index in [0.717, 1.165) is 5.56 Å². The van der Waals surface area contributed by atoms with Crippen molar-refractivity contribution in [3.05, 3.63) is 119 Å². The molecule has 0 radical (unpaired) electrons. The van der Waals surface area contributed by atoms with Gasteiger partial charge in [0.15, 0.2) is 28.8 Å². The molecule has 6 heterocycles. The average molecular weight is 1040 g/mol. The number of hydrogen-bond acceptors (Lipinski definition) is 16. The van der Waals surface area contributed by atoms with Gasteiger partial charge in [-0.3, -0.25) is 22.5 Å². The van der Waals surface area contributed by atoms with Crippen molar-refractivity contribution in [2.45, 2.75) is 37.9 Å². The molecule has 20 nitrogen and oxygen atoms in total. The van der Waals surface area contributed by atoms with Crippen molar-refractivity contribution in [3.63, 3.8) is 0 Å². The third-order valence-corrected chi connectivity index (χ3v) is 10.0. The summed E-state index contributed by atoms with van der Waals surface area (Å²) < 4.78 is 41.8. The molecule has 2 saturated heterocycles. The van der Waals surface area contributed by atoms with Crippen molar-refractivity contribution in [2.24, 2.45) is 0 Å². The number of benzene rings is 2. The Balaban J connectivity index is 0.000000243. The Labute approximate surface area is 458 Å². The van der Waals surface area contributed by atoms with E-state index in [0.29, 0.717) is 30.6 Å². The Kier molecular flexibility index (Phi) is 21.5. The number of esters is 2. The van der Waals surface area contributed by atoms with Gasteiger partial charge in [-0.25, -0.2) is 33.9 Å². The van der Waals surface area contributed by atoms with E-state index < -0.39 is 36.6 Å². The third kappa shape index (κ3) is 15.2. The number of nitrogens with zero attached hydrogens (tertiary/aromatic N) is 10. The first kappa shape index (κ1) is 57.9. The molecule has 6 N–H and O–H groups in total. The topological polar surface area (TPSA) is 273 Å². The second-order valence-corrected chi connectivity index (χ2v) is 15.2. The van der Waals surface area contributed by atoms with Crippen molar-refractivity contribution in [1.29, 1.82) is 0 Å². The van der Waals surface area contributed by atoms with Crippen molar-refractivity contribution in [1.82, 2.24) is 49.3 Å². The Bertz CT molecular complexity index is 2980. The van der Waals surface area contributed by atoms with Crippen LogP contribution in [0.4, 0.5) is 24.3 Å². The molecule has 368 valence electrons. The van der Waals surface area contributed by atoms with Gasteiger partial charge < -0.3 is 41.0 Å². The molecule has 6 aromatic rings. The van der Waals surface area contributed by atoms with Crippen LogP contribution in [-0.4, -0.2) is 142 Å². The number of aliphatic hydroxyl groups is 2. The van der Waals surface area contributed by atoms with Gasteiger partial charge in [-0.1, -0.05) is 35.5 Å². The molecule has 0 unspecified atom stereocenters. The summed E-state index contributed by atoms with van der Waals surface area (Å²) >= 11 is 5.76. The molecule has 72 heavy (non-hydrogen) atoms. The van der Waals surface area contributed by atoms with E-state index in [4.69, 9.17) is 32.5 Å². The van der Waals surface area contributed by atoms with Gasteiger partial charge in [0.25, 0.3) is 11.8 Å². The number of ether oxygens (including phenoxy) is 2. The Morgan fingerprint density at radius 2 is 1.26 bits per heavy atom. The molecule has 2 aliphatic rings. The van der Waals surface area contributed by atoms with Crippen LogP contribution in [0.3, 0.4) is 0 Å². The molecule has 2 fully saturated rings. The van der Waals surface area contributed by atoms with E-state index in [9.17, 15) is 42.3 Å². The predicted molar refractivity (Wildman–Crippen MR) is 252 cm³/mol. The van der Waals surface area contributed by atoms with E-state index in [-0.39, 0.29) is 122 Å². The molecule has 2 atom stereocenters. The summed E-state index contributed by atoms with van der Waals surface area (Å²) in [6, 6.07) is 20.3. The molecule has 0 bridgehead atoms. The van der Waals surface area contributed by atoms with Crippen LogP contribution < -0.4 is 62.9 Å². The summed E-state index contributed by atoms with van der Waals surface area (Å²) in [6.07, 6.45) is 7.01. The number of aromatic nitrogens is 8. The summed E-state index contributed by atoms with van der Waals surface area (Å²) in [5.41, 5.74) is 10.6. The fourth-order valence-corrected chi connectivity index (χ4v) is 6.53. The van der Waals surface area contributed by atoms with Gasteiger partial charge in [0, 0.05) is 75.9 Å². The first-order chi connectivity index (χ1) is 33.8. The zero-order chi connectivity index (χ0) is 51.9. The molecule has 0 aliphatic carbocycles. The number of hydrogen-bond donors (Lipinski definition) is 4. The molecule has 0 spiro atoms. The fourth-order valence-electron chi connectivity index (χ4n) is 6.36. The summed E-state index contributed by atoms with van der Waals surface area (Å²) in [4.78, 5) is 67.4. The van der Waals surface area contributed by atoms with Gasteiger partial charge in [0.2, 0.25) is 16.5 Å². The monoisotopic (exact) mass is 1030 g/mol. The number of carbonyl (C=O) groups is 4. The average Bonchev–Trinajstić information content (AvgIpc) is 4.19. The first-order valence-corrected chi connectivity index (χ1v) is 21.5. The van der Waals surface area contributed by atoms with Gasteiger partial charge in [0.1, 0.15) is 11.4 Å². The van der Waals surface area contributed by atoms with Gasteiger partial charge >= 0.3 is 70.9 Å². The number of likely N-dealkylation sites (N-methyl/N-ethyl adjacent to an activating group) is 2. The number of anilines is 2. The maximum atomic E-state index is 12.5. The van der Waals surface area contributed by atoms with Crippen LogP contribution in [0.25, 0.3) is 23.0 Å². The van der Waals surface area contributed by atoms with E-state index >= 15 is 0 Å². The SMILES string of the molecule is CCOC(=O)c1nc(-c2cccc(C#C[C@]3(O)CCN(C)C3=O)c2)nc(-n2cccn2)c1N.CCOC(=O)c1nc(Cl)nc(-n2cccn2)c1N.CN1CC[C@@](O)(C#Cc2c[c-]ccc2)C1=O.FB(F)F.[K+]. The van der Waals surface area contributed by atoms with E-state index in [2.05, 4.69) is 59.9 Å². The number of nitrogen functional groups attached to an aromatic ring is 2. The number of nitrogens with two attached hydrogens (primary N) is 2. The minimum Gasteiger partial charge on any atom is -0.461 e. The van der Waals surface area contributed by atoms with Crippen LogP contribution in [0.15, 0.2) is 85.5 Å². The van der Waals surface area contributed by atoms with Gasteiger partial charge in [-0.2, -0.15) is 45.5 Å². The van der Waals surface area contributed by atoms with Crippen molar-refractivity contribution in [2.75, 3.05) is 51.9 Å². The second kappa shape index (κ2) is 26.7.